The van der Waals surface area contributed by atoms with Crippen LogP contribution in [0.2, 0.25) is 13.1 Å². The van der Waals surface area contributed by atoms with E-state index < -0.39 is 8.40 Å². The van der Waals surface area contributed by atoms with E-state index in [9.17, 15) is 0 Å². The molecule has 0 spiro atoms. The lowest BCUT2D eigenvalue weighted by Crippen LogP contribution is -2.78. The minimum Gasteiger partial charge on any atom is -0.377 e. The first-order valence-corrected chi connectivity index (χ1v) is 10.1. The van der Waals surface area contributed by atoms with Crippen molar-refractivity contribution in [3.63, 3.8) is 0 Å². The molecule has 2 rings (SSSR count). The number of hydrogen-bond donors (Lipinski definition) is 0. The van der Waals surface area contributed by atoms with Crippen LogP contribution in [0.15, 0.2) is 49.1 Å². The highest BCUT2D eigenvalue weighted by Crippen LogP contribution is 2.09. The smallest absolute Gasteiger partial charge is 0.377 e. The standard InChI is InChI=1S/C16H26N4Si/c1-17(2)15-7-11-19(12-8-15)21(5,6)20-13-9-16(10-14-20)18(3)4/h7-14H,1-6H3/q+2. The van der Waals surface area contributed by atoms with Crippen molar-refractivity contribution in [2.24, 2.45) is 0 Å². The molecule has 0 saturated carbocycles. The molecule has 0 saturated heterocycles. The van der Waals surface area contributed by atoms with Crippen molar-refractivity contribution in [2.75, 3.05) is 38.0 Å². The Morgan fingerprint density at radius 2 is 0.952 bits per heavy atom. The summed E-state index contributed by atoms with van der Waals surface area (Å²) in [6.45, 7) is 4.69. The van der Waals surface area contributed by atoms with E-state index in [1.54, 1.807) is 0 Å². The van der Waals surface area contributed by atoms with Crippen molar-refractivity contribution < 1.29 is 8.47 Å². The van der Waals surface area contributed by atoms with Crippen molar-refractivity contribution >= 4 is 19.8 Å². The van der Waals surface area contributed by atoms with Gasteiger partial charge in [0, 0.05) is 63.8 Å². The second-order valence-electron chi connectivity index (χ2n) is 6.21. The van der Waals surface area contributed by atoms with Crippen LogP contribution >= 0.6 is 0 Å². The van der Waals surface area contributed by atoms with Gasteiger partial charge in [-0.15, -0.1) is 0 Å². The molecule has 2 aromatic heterocycles. The second-order valence-corrected chi connectivity index (χ2v) is 10.2. The first-order valence-electron chi connectivity index (χ1n) is 7.20. The van der Waals surface area contributed by atoms with Crippen LogP contribution < -0.4 is 18.3 Å². The van der Waals surface area contributed by atoms with E-state index in [2.05, 4.69) is 109 Å². The van der Waals surface area contributed by atoms with Gasteiger partial charge < -0.3 is 9.80 Å². The van der Waals surface area contributed by atoms with Crippen molar-refractivity contribution in [2.45, 2.75) is 13.1 Å². The molecular formula is C16H26N4Si+2. The third-order valence-corrected chi connectivity index (χ3v) is 7.04. The highest BCUT2D eigenvalue weighted by molar-refractivity contribution is 6.59. The first-order chi connectivity index (χ1) is 9.82. The quantitative estimate of drug-likeness (QED) is 0.795. The summed E-state index contributed by atoms with van der Waals surface area (Å²) in [4.78, 5) is 4.25. The summed E-state index contributed by atoms with van der Waals surface area (Å²) in [5, 5.41) is 0. The summed E-state index contributed by atoms with van der Waals surface area (Å²) in [5.41, 5.74) is 2.45. The van der Waals surface area contributed by atoms with Gasteiger partial charge in [0.2, 0.25) is 0 Å². The number of nitrogens with zero attached hydrogens (tertiary/aromatic N) is 4. The maximum atomic E-state index is 2.36. The van der Waals surface area contributed by atoms with Crippen LogP contribution in [-0.2, 0) is 0 Å². The molecule has 0 unspecified atom stereocenters. The Kier molecular flexibility index (Phi) is 4.32. The first kappa shape index (κ1) is 15.5. The van der Waals surface area contributed by atoms with Gasteiger partial charge in [0.1, 0.15) is 0 Å². The molecule has 0 atom stereocenters. The maximum Gasteiger partial charge on any atom is 0.675 e. The topological polar surface area (TPSA) is 14.2 Å². The average Bonchev–Trinajstić information content (AvgIpc) is 2.47. The minimum atomic E-state index is -1.77. The van der Waals surface area contributed by atoms with Gasteiger partial charge in [-0.1, -0.05) is 0 Å². The molecule has 0 amide bonds. The molecule has 5 heteroatoms. The van der Waals surface area contributed by atoms with Gasteiger partial charge in [-0.3, -0.25) is 0 Å². The highest BCUT2D eigenvalue weighted by atomic mass is 28.3. The van der Waals surface area contributed by atoms with E-state index in [0.717, 1.165) is 0 Å². The van der Waals surface area contributed by atoms with E-state index in [1.807, 2.05) is 0 Å². The van der Waals surface area contributed by atoms with Crippen molar-refractivity contribution in [1.82, 2.24) is 0 Å². The van der Waals surface area contributed by atoms with E-state index in [4.69, 9.17) is 0 Å². The Balaban J connectivity index is 2.31. The maximum absolute atomic E-state index is 2.36. The summed E-state index contributed by atoms with van der Waals surface area (Å²) in [6.07, 6.45) is 8.76. The summed E-state index contributed by atoms with van der Waals surface area (Å²) in [5.74, 6) is 0. The third-order valence-electron chi connectivity index (χ3n) is 3.92. The van der Waals surface area contributed by atoms with Gasteiger partial charge in [0.05, 0.1) is 13.1 Å². The van der Waals surface area contributed by atoms with Crippen LogP contribution in [0.5, 0.6) is 0 Å². The molecule has 0 fully saturated rings. The summed E-state index contributed by atoms with van der Waals surface area (Å²) >= 11 is 0. The molecule has 2 aromatic rings. The fourth-order valence-corrected chi connectivity index (χ4v) is 4.32. The average molecular weight is 302 g/mol. The van der Waals surface area contributed by atoms with Crippen LogP contribution in [0.1, 0.15) is 0 Å². The molecule has 0 radical (unpaired) electrons. The SMILES string of the molecule is CN(C)c1cc[n+]([Si](C)(C)[n+]2ccc(N(C)C)cc2)cc1. The lowest BCUT2D eigenvalue weighted by molar-refractivity contribution is -0.686. The summed E-state index contributed by atoms with van der Waals surface area (Å²) in [6, 6.07) is 8.68. The van der Waals surface area contributed by atoms with Crippen molar-refractivity contribution in [1.29, 1.82) is 0 Å². The molecule has 0 N–H and O–H groups in total. The van der Waals surface area contributed by atoms with Crippen LogP contribution in [0.3, 0.4) is 0 Å². The van der Waals surface area contributed by atoms with E-state index in [-0.39, 0.29) is 0 Å². The van der Waals surface area contributed by atoms with Gasteiger partial charge in [-0.25, -0.2) is 8.47 Å². The van der Waals surface area contributed by atoms with E-state index >= 15 is 0 Å². The van der Waals surface area contributed by atoms with Gasteiger partial charge in [-0.2, -0.15) is 0 Å². The van der Waals surface area contributed by atoms with Crippen LogP contribution in [-0.4, -0.2) is 36.6 Å². The van der Waals surface area contributed by atoms with Crippen molar-refractivity contribution in [3.05, 3.63) is 49.1 Å². The van der Waals surface area contributed by atoms with Crippen LogP contribution in [0.25, 0.3) is 0 Å². The number of anilines is 2. The predicted octanol–water partition coefficient (Wildman–Crippen LogP) is 1.49. The Morgan fingerprint density at radius 1 is 0.667 bits per heavy atom. The zero-order valence-electron chi connectivity index (χ0n) is 13.9. The Morgan fingerprint density at radius 3 is 1.19 bits per heavy atom. The van der Waals surface area contributed by atoms with E-state index in [1.165, 1.54) is 11.4 Å². The Bertz CT molecular complexity index is 535. The largest absolute Gasteiger partial charge is 0.675 e. The molecular weight excluding hydrogens is 276 g/mol. The number of hydrogen-bond acceptors (Lipinski definition) is 2. The molecule has 112 valence electrons. The molecule has 0 aliphatic rings. The number of aromatic nitrogens is 2. The Labute approximate surface area is 129 Å². The highest BCUT2D eigenvalue weighted by Gasteiger charge is 2.49. The monoisotopic (exact) mass is 302 g/mol. The Hall–Kier alpha value is -1.88. The fraction of sp³-hybridized carbons (Fsp3) is 0.375. The molecule has 2 heterocycles. The van der Waals surface area contributed by atoms with Crippen LogP contribution in [0, 0.1) is 0 Å². The van der Waals surface area contributed by atoms with Crippen LogP contribution in [0.4, 0.5) is 11.4 Å². The molecule has 21 heavy (non-hydrogen) atoms. The summed E-state index contributed by atoms with van der Waals surface area (Å²) < 4.78 is 4.71. The zero-order valence-corrected chi connectivity index (χ0v) is 14.9. The number of pyridine rings is 2. The molecule has 4 nitrogen and oxygen atoms in total. The normalized spacial score (nSPS) is 11.3. The minimum absolute atomic E-state index is 1.23. The predicted molar refractivity (Wildman–Crippen MR) is 90.2 cm³/mol. The zero-order chi connectivity index (χ0) is 15.6. The van der Waals surface area contributed by atoms with Gasteiger partial charge >= 0.3 is 8.40 Å². The third kappa shape index (κ3) is 3.24. The lowest BCUT2D eigenvalue weighted by atomic mass is 10.4. The molecule has 0 aliphatic heterocycles. The van der Waals surface area contributed by atoms with E-state index in [0.29, 0.717) is 0 Å². The molecule has 0 aromatic carbocycles. The summed E-state index contributed by atoms with van der Waals surface area (Å²) in [7, 11) is 6.49. The fourth-order valence-electron chi connectivity index (χ4n) is 2.30. The lowest BCUT2D eigenvalue weighted by Gasteiger charge is -2.15. The molecule has 0 aliphatic carbocycles. The van der Waals surface area contributed by atoms with Crippen molar-refractivity contribution in [3.8, 4) is 0 Å². The molecule has 0 bridgehead atoms. The number of rotatable bonds is 4. The van der Waals surface area contributed by atoms with Gasteiger partial charge in [0.25, 0.3) is 0 Å². The van der Waals surface area contributed by atoms with Gasteiger partial charge in [-0.05, 0) is 0 Å². The second kappa shape index (κ2) is 5.85. The van der Waals surface area contributed by atoms with Gasteiger partial charge in [0.15, 0.2) is 24.8 Å².